The number of benzene rings is 4. The first-order valence-corrected chi connectivity index (χ1v) is 30.3. The molecule has 478 valence electrons. The third kappa shape index (κ3) is 22.4. The minimum absolute atomic E-state index is 0.0118. The van der Waals surface area contributed by atoms with Crippen LogP contribution < -0.4 is 48.3 Å². The molecule has 6 aromatic rings. The first-order valence-electron chi connectivity index (χ1n) is 29.9. The highest BCUT2D eigenvalue weighted by Gasteiger charge is 2.37. The van der Waals surface area contributed by atoms with Gasteiger partial charge in [-0.25, -0.2) is 0 Å². The second kappa shape index (κ2) is 35.6. The van der Waals surface area contributed by atoms with Gasteiger partial charge in [0.15, 0.2) is 0 Å². The molecular formula is C66H81ClN12O11. The lowest BCUT2D eigenvalue weighted by Gasteiger charge is -2.32. The lowest BCUT2D eigenvalue weighted by molar-refractivity contribution is -0.144. The van der Waals surface area contributed by atoms with Crippen LogP contribution in [0.25, 0.3) is 10.8 Å². The molecule has 24 heteroatoms. The Morgan fingerprint density at radius 3 is 1.70 bits per heavy atom. The smallest absolute Gasteiger partial charge is 0.252 e. The molecule has 6 rings (SSSR count). The quantitative estimate of drug-likeness (QED) is 0.0259. The van der Waals surface area contributed by atoms with E-state index in [1.54, 1.807) is 48.5 Å². The van der Waals surface area contributed by atoms with Crippen molar-refractivity contribution in [3.05, 3.63) is 173 Å². The molecule has 0 fully saturated rings. The number of likely N-dealkylation sites (N-methyl/N-ethyl adjacent to an activating group) is 1. The largest absolute Gasteiger partial charge is 0.508 e. The van der Waals surface area contributed by atoms with Crippen molar-refractivity contribution < 1.29 is 53.4 Å². The average molecular weight is 1250 g/mol. The number of aliphatic hydroxyl groups excluding tert-OH is 1. The second-order valence-electron chi connectivity index (χ2n) is 22.4. The van der Waals surface area contributed by atoms with Gasteiger partial charge >= 0.3 is 0 Å². The topological polar surface area (TPSA) is 345 Å². The zero-order valence-corrected chi connectivity index (χ0v) is 51.7. The van der Waals surface area contributed by atoms with Gasteiger partial charge in [0, 0.05) is 82.6 Å². The Labute approximate surface area is 528 Å². The van der Waals surface area contributed by atoms with Gasteiger partial charge in [-0.3, -0.25) is 53.1 Å². The predicted octanol–water partition coefficient (Wildman–Crippen LogP) is 3.12. The van der Waals surface area contributed by atoms with Gasteiger partial charge in [0.1, 0.15) is 48.0 Å². The summed E-state index contributed by atoms with van der Waals surface area (Å²) in [6.07, 6.45) is 6.88. The van der Waals surface area contributed by atoms with Crippen LogP contribution in [0.15, 0.2) is 140 Å². The molecule has 2 heterocycles. The van der Waals surface area contributed by atoms with Crippen LogP contribution in [0.5, 0.6) is 5.75 Å². The molecule has 0 unspecified atom stereocenters. The van der Waals surface area contributed by atoms with E-state index in [4.69, 9.17) is 17.3 Å². The van der Waals surface area contributed by atoms with E-state index in [2.05, 4.69) is 52.5 Å². The van der Waals surface area contributed by atoms with Crippen LogP contribution in [-0.2, 0) is 64.0 Å². The van der Waals surface area contributed by atoms with E-state index in [0.717, 1.165) is 21.2 Å². The first-order chi connectivity index (χ1) is 43.2. The summed E-state index contributed by atoms with van der Waals surface area (Å²) in [5.41, 5.74) is 8.26. The van der Waals surface area contributed by atoms with E-state index in [9.17, 15) is 53.4 Å². The van der Waals surface area contributed by atoms with Gasteiger partial charge < -0.3 is 63.4 Å². The number of nitrogens with zero attached hydrogens (tertiary/aromatic N) is 3. The molecule has 0 radical (unpaired) electrons. The van der Waals surface area contributed by atoms with Crippen molar-refractivity contribution in [2.45, 2.75) is 121 Å². The molecule has 7 atom stereocenters. The first kappa shape index (κ1) is 69.8. The van der Waals surface area contributed by atoms with E-state index in [1.165, 1.54) is 63.0 Å². The van der Waals surface area contributed by atoms with E-state index < -0.39 is 96.2 Å². The molecule has 12 N–H and O–H groups in total. The number of phenolic OH excluding ortho intramolecular Hbond substituents is 1. The fourth-order valence-electron chi connectivity index (χ4n) is 9.97. The molecule has 9 amide bonds. The van der Waals surface area contributed by atoms with Crippen LogP contribution in [0, 0.1) is 5.92 Å². The molecule has 0 saturated carbocycles. The number of aromatic nitrogens is 2. The van der Waals surface area contributed by atoms with Crippen molar-refractivity contribution in [2.24, 2.45) is 11.7 Å². The number of hydrogen-bond donors (Lipinski definition) is 11. The predicted molar refractivity (Wildman–Crippen MR) is 340 cm³/mol. The third-order valence-corrected chi connectivity index (χ3v) is 15.0. The minimum atomic E-state index is -1.75. The van der Waals surface area contributed by atoms with Crippen molar-refractivity contribution in [3.8, 4) is 5.75 Å². The Balaban J connectivity index is 1.26. The molecule has 23 nitrogen and oxygen atoms in total. The highest BCUT2D eigenvalue weighted by atomic mass is 35.5. The molecule has 0 aliphatic rings. The van der Waals surface area contributed by atoms with Crippen LogP contribution >= 0.6 is 11.6 Å². The van der Waals surface area contributed by atoms with Crippen LogP contribution in [-0.4, -0.2) is 154 Å². The van der Waals surface area contributed by atoms with Gasteiger partial charge in [-0.05, 0) is 120 Å². The summed E-state index contributed by atoms with van der Waals surface area (Å²) >= 11 is 6.23. The Hall–Kier alpha value is -9.32. The SMILES string of the molecule is CC(=O)N[C@H](Cc1ccc2ccccc2c1)C(=O)N[C@H](Cc1ccc(Cl)cc1)C(=O)N[C@H](Cc1cccnc1)C(=O)N[C@@H](CO)C(=O)N(C)[C@@H](Cc1ccc(O)cc1)C(=O)N[C@H](CCCCNC(=O)c1cccnc1)C(=O)N[C@@H](CC(C)C)C(=O)NCCCN. The molecule has 0 saturated heterocycles. The highest BCUT2D eigenvalue weighted by Crippen LogP contribution is 2.20. The van der Waals surface area contributed by atoms with Crippen molar-refractivity contribution in [1.29, 1.82) is 0 Å². The van der Waals surface area contributed by atoms with Gasteiger partial charge in [0.2, 0.25) is 47.3 Å². The zero-order chi connectivity index (χ0) is 65.1. The number of pyridine rings is 2. The number of fused-ring (bicyclic) bond motifs is 1. The highest BCUT2D eigenvalue weighted by molar-refractivity contribution is 6.30. The number of unbranched alkanes of at least 4 members (excludes halogenated alkanes) is 1. The Bertz CT molecular complexity index is 3360. The summed E-state index contributed by atoms with van der Waals surface area (Å²) in [7, 11) is 1.28. The number of nitrogens with two attached hydrogens (primary N) is 1. The summed E-state index contributed by atoms with van der Waals surface area (Å²) in [5.74, 6) is -6.43. The van der Waals surface area contributed by atoms with Crippen molar-refractivity contribution in [2.75, 3.05) is 33.3 Å². The molecule has 0 aliphatic carbocycles. The van der Waals surface area contributed by atoms with E-state index in [0.29, 0.717) is 46.7 Å². The number of carbonyl (C=O) groups excluding carboxylic acids is 9. The Morgan fingerprint density at radius 2 is 1.09 bits per heavy atom. The number of nitrogens with one attached hydrogen (secondary N) is 8. The number of halogens is 1. The summed E-state index contributed by atoms with van der Waals surface area (Å²) in [5, 5.41) is 45.5. The molecule has 0 aliphatic heterocycles. The van der Waals surface area contributed by atoms with Gasteiger partial charge in [0.05, 0.1) is 12.2 Å². The van der Waals surface area contributed by atoms with Crippen molar-refractivity contribution in [1.82, 2.24) is 57.4 Å². The number of aromatic hydroxyl groups is 1. The Morgan fingerprint density at radius 1 is 0.544 bits per heavy atom. The molecular weight excluding hydrogens is 1170 g/mol. The van der Waals surface area contributed by atoms with Gasteiger partial charge in [-0.2, -0.15) is 0 Å². The molecule has 0 bridgehead atoms. The maximum absolute atomic E-state index is 14.9. The lowest BCUT2D eigenvalue weighted by Crippen LogP contribution is -2.61. The third-order valence-electron chi connectivity index (χ3n) is 14.8. The molecule has 0 spiro atoms. The van der Waals surface area contributed by atoms with Crippen LogP contribution in [0.2, 0.25) is 5.02 Å². The number of amides is 9. The van der Waals surface area contributed by atoms with E-state index >= 15 is 0 Å². The average Bonchev–Trinajstić information content (AvgIpc) is 1.24. The lowest BCUT2D eigenvalue weighted by atomic mass is 9.99. The van der Waals surface area contributed by atoms with Gasteiger partial charge in [-0.1, -0.05) is 98.2 Å². The number of carbonyl (C=O) groups is 9. The van der Waals surface area contributed by atoms with Crippen LogP contribution in [0.3, 0.4) is 0 Å². The molecule has 90 heavy (non-hydrogen) atoms. The number of aliphatic hydroxyl groups is 1. The van der Waals surface area contributed by atoms with E-state index in [-0.39, 0.29) is 75.6 Å². The minimum Gasteiger partial charge on any atom is -0.508 e. The fraction of sp³-hybridized carbons (Fsp3) is 0.379. The zero-order valence-electron chi connectivity index (χ0n) is 51.0. The second-order valence-corrected chi connectivity index (χ2v) is 22.9. The summed E-state index contributed by atoms with van der Waals surface area (Å²) in [6.45, 7) is 4.82. The van der Waals surface area contributed by atoms with Crippen molar-refractivity contribution >= 4 is 75.5 Å². The Kier molecular flexibility index (Phi) is 27.6. The summed E-state index contributed by atoms with van der Waals surface area (Å²) in [4.78, 5) is 136. The maximum atomic E-state index is 14.9. The summed E-state index contributed by atoms with van der Waals surface area (Å²) < 4.78 is 0. The fourth-order valence-corrected chi connectivity index (χ4v) is 10.1. The molecule has 4 aromatic carbocycles. The van der Waals surface area contributed by atoms with E-state index in [1.807, 2.05) is 56.3 Å². The van der Waals surface area contributed by atoms with Gasteiger partial charge in [-0.15, -0.1) is 0 Å². The normalized spacial score (nSPS) is 13.4. The molecule has 2 aromatic heterocycles. The monoisotopic (exact) mass is 1250 g/mol. The van der Waals surface area contributed by atoms with Crippen LogP contribution in [0.1, 0.15) is 85.5 Å². The van der Waals surface area contributed by atoms with Crippen molar-refractivity contribution in [3.63, 3.8) is 0 Å². The number of hydrogen-bond acceptors (Lipinski definition) is 14. The maximum Gasteiger partial charge on any atom is 0.252 e. The van der Waals surface area contributed by atoms with Gasteiger partial charge in [0.25, 0.3) is 5.91 Å². The number of phenols is 1. The number of rotatable bonds is 34. The summed E-state index contributed by atoms with van der Waals surface area (Å²) in [6, 6.07) is 22.7. The standard InChI is InChI=1S/C66H81ClN12O11/c1-41(2)32-53(60(84)72-31-11-27-68)75-61(85)52(16-7-8-30-71-59(83)49-15-10-29-70-39-49)74-65(89)58(37-44-20-25-51(82)26-21-44)79(4)66(90)57(40-80)78-64(88)56(36-46-12-9-28-69-38-46)77-63(87)55(34-43-18-23-50(67)24-19-43)76-62(86)54(73-42(3)81)35-45-17-22-47-13-5-6-14-48(47)33-45/h5-6,9-10,12-15,17-26,28-29,33,38-39,41,52-58,80,82H,7-8,11,16,27,30-32,34-37,40,68H2,1-4H3,(H,71,83)(H,72,84)(H,73,81)(H,74,89)(H,75,85)(H,76,86)(H,77,87)(H,78,88)/t52-,53+,54-,55-,56-,57+,58+/m1/s1. The van der Waals surface area contributed by atoms with Crippen LogP contribution in [0.4, 0.5) is 0 Å².